The second-order valence-electron chi connectivity index (χ2n) is 7.02. The molecule has 2 N–H and O–H groups in total. The Bertz CT molecular complexity index is 1090. The monoisotopic (exact) mass is 394 g/mol. The van der Waals surface area contributed by atoms with Crippen LogP contribution in [0.4, 0.5) is 11.4 Å². The van der Waals surface area contributed by atoms with Crippen LogP contribution >= 0.6 is 0 Å². The van der Waals surface area contributed by atoms with E-state index < -0.39 is 5.97 Å². The number of fused-ring (bicyclic) bond motifs is 1. The number of benzene rings is 1. The van der Waals surface area contributed by atoms with Gasteiger partial charge in [-0.15, -0.1) is 0 Å². The quantitative estimate of drug-likeness (QED) is 0.617. The van der Waals surface area contributed by atoms with Crippen molar-refractivity contribution in [3.05, 3.63) is 52.8 Å². The lowest BCUT2D eigenvalue weighted by atomic mass is 10.1. The molecule has 0 aliphatic rings. The first-order valence-electron chi connectivity index (χ1n) is 9.53. The summed E-state index contributed by atoms with van der Waals surface area (Å²) in [4.78, 5) is 28.7. The summed E-state index contributed by atoms with van der Waals surface area (Å²) >= 11 is 0. The number of aryl methyl sites for hydroxylation is 3. The first-order chi connectivity index (χ1) is 13.8. The van der Waals surface area contributed by atoms with Crippen LogP contribution in [-0.2, 0) is 22.6 Å². The average molecular weight is 394 g/mol. The number of amides is 1. The van der Waals surface area contributed by atoms with Crippen LogP contribution in [0.5, 0.6) is 0 Å². The second-order valence-corrected chi connectivity index (χ2v) is 7.02. The van der Waals surface area contributed by atoms with Gasteiger partial charge in [0.05, 0.1) is 24.7 Å². The Hall–Kier alpha value is -3.35. The number of anilines is 2. The molecule has 2 aromatic heterocycles. The fourth-order valence-electron chi connectivity index (χ4n) is 3.43. The molecule has 3 rings (SSSR count). The van der Waals surface area contributed by atoms with Gasteiger partial charge in [-0.1, -0.05) is 23.8 Å². The summed E-state index contributed by atoms with van der Waals surface area (Å²) in [6.07, 6.45) is 1.73. The molecule has 0 spiro atoms. The van der Waals surface area contributed by atoms with Gasteiger partial charge in [0.2, 0.25) is 5.91 Å². The third-order valence-electron chi connectivity index (χ3n) is 4.88. The Balaban J connectivity index is 2.04. The Morgan fingerprint density at radius 1 is 1.21 bits per heavy atom. The van der Waals surface area contributed by atoms with Crippen molar-refractivity contribution in [1.82, 2.24) is 9.55 Å². The third kappa shape index (κ3) is 4.08. The number of nitrogens with zero attached hydrogens (tertiary/aromatic N) is 2. The predicted octanol–water partition coefficient (Wildman–Crippen LogP) is 4.03. The summed E-state index contributed by atoms with van der Waals surface area (Å²) < 4.78 is 6.69. The normalized spacial score (nSPS) is 10.8. The average Bonchev–Trinajstić information content (AvgIpc) is 3.00. The minimum Gasteiger partial charge on any atom is -0.464 e. The summed E-state index contributed by atoms with van der Waals surface area (Å²) in [6.45, 7) is 8.64. The highest BCUT2D eigenvalue weighted by Gasteiger charge is 2.24. The summed E-state index contributed by atoms with van der Waals surface area (Å²) in [5.74, 6) is -0.780. The van der Waals surface area contributed by atoms with Crippen LogP contribution in [0.3, 0.4) is 0 Å². The van der Waals surface area contributed by atoms with Gasteiger partial charge in [-0.05, 0) is 38.0 Å². The second kappa shape index (κ2) is 8.34. The molecule has 3 aromatic rings. The summed E-state index contributed by atoms with van der Waals surface area (Å²) in [5, 5.41) is 6.85. The van der Waals surface area contributed by atoms with E-state index in [0.717, 1.165) is 5.69 Å². The number of hydrogen-bond acceptors (Lipinski definition) is 5. The van der Waals surface area contributed by atoms with Crippen LogP contribution in [0.25, 0.3) is 11.0 Å². The van der Waals surface area contributed by atoms with Gasteiger partial charge in [-0.2, -0.15) is 0 Å². The number of nitrogens with one attached hydrogen (secondary N) is 2. The number of methoxy groups -OCH3 is 1. The number of ether oxygens (including phenoxy) is 1. The van der Waals surface area contributed by atoms with Crippen molar-refractivity contribution in [1.29, 1.82) is 0 Å². The zero-order valence-corrected chi connectivity index (χ0v) is 17.4. The van der Waals surface area contributed by atoms with E-state index in [-0.39, 0.29) is 5.91 Å². The van der Waals surface area contributed by atoms with Crippen molar-refractivity contribution in [3.8, 4) is 0 Å². The highest BCUT2D eigenvalue weighted by Crippen LogP contribution is 2.32. The SMILES string of the molecule is CCn1c(C(=O)OC)c(NC(C)=O)c2cc(NCc3cc(C)ccc3C)cnc21. The standard InChI is InChI=1S/C22H26N4O3/c1-6-26-20(22(28)29-5)19(25-15(4)27)18-10-17(12-24-21(18)26)23-11-16-9-13(2)7-8-14(16)3/h7-10,12,23H,6,11H2,1-5H3,(H,25,27). The summed E-state index contributed by atoms with van der Waals surface area (Å²) in [6, 6.07) is 8.25. The Morgan fingerprint density at radius 2 is 1.97 bits per heavy atom. The fourth-order valence-corrected chi connectivity index (χ4v) is 3.43. The van der Waals surface area contributed by atoms with E-state index in [1.807, 2.05) is 13.0 Å². The number of carbonyl (C=O) groups excluding carboxylic acids is 2. The van der Waals surface area contributed by atoms with Crippen molar-refractivity contribution in [2.24, 2.45) is 0 Å². The van der Waals surface area contributed by atoms with Crippen LogP contribution in [0.1, 0.15) is 41.0 Å². The zero-order chi connectivity index (χ0) is 21.1. The van der Waals surface area contributed by atoms with Crippen molar-refractivity contribution in [3.63, 3.8) is 0 Å². The number of aromatic nitrogens is 2. The molecule has 7 heteroatoms. The number of hydrogen-bond donors (Lipinski definition) is 2. The third-order valence-corrected chi connectivity index (χ3v) is 4.88. The minimum absolute atomic E-state index is 0.265. The van der Waals surface area contributed by atoms with Crippen molar-refractivity contribution in [2.45, 2.75) is 40.8 Å². The van der Waals surface area contributed by atoms with Crippen LogP contribution in [0.15, 0.2) is 30.5 Å². The Labute approximate surface area is 170 Å². The molecule has 1 aromatic carbocycles. The molecule has 2 heterocycles. The molecule has 152 valence electrons. The van der Waals surface area contributed by atoms with E-state index in [4.69, 9.17) is 4.74 Å². The first-order valence-corrected chi connectivity index (χ1v) is 9.53. The largest absolute Gasteiger partial charge is 0.464 e. The van der Waals surface area contributed by atoms with Crippen LogP contribution in [0.2, 0.25) is 0 Å². The van der Waals surface area contributed by atoms with Crippen LogP contribution < -0.4 is 10.6 Å². The van der Waals surface area contributed by atoms with Crippen molar-refractivity contribution in [2.75, 3.05) is 17.7 Å². The van der Waals surface area contributed by atoms with Gasteiger partial charge < -0.3 is 19.9 Å². The van der Waals surface area contributed by atoms with E-state index in [2.05, 4.69) is 47.7 Å². The lowest BCUT2D eigenvalue weighted by Gasteiger charge is -2.10. The first kappa shape index (κ1) is 20.4. The van der Waals surface area contributed by atoms with Gasteiger partial charge in [-0.25, -0.2) is 9.78 Å². The van der Waals surface area contributed by atoms with Gasteiger partial charge in [0.1, 0.15) is 5.65 Å². The molecule has 0 saturated carbocycles. The molecule has 0 fully saturated rings. The molecule has 0 aliphatic heterocycles. The number of pyridine rings is 1. The summed E-state index contributed by atoms with van der Waals surface area (Å²) in [5.41, 5.74) is 5.75. The van der Waals surface area contributed by atoms with E-state index >= 15 is 0 Å². The molecular weight excluding hydrogens is 368 g/mol. The number of rotatable bonds is 6. The number of esters is 1. The Morgan fingerprint density at radius 3 is 2.62 bits per heavy atom. The lowest BCUT2D eigenvalue weighted by molar-refractivity contribution is -0.114. The zero-order valence-electron chi connectivity index (χ0n) is 17.4. The predicted molar refractivity (Wildman–Crippen MR) is 114 cm³/mol. The topological polar surface area (TPSA) is 85.2 Å². The molecule has 0 aliphatic carbocycles. The van der Waals surface area contributed by atoms with E-state index in [0.29, 0.717) is 35.5 Å². The van der Waals surface area contributed by atoms with Crippen LogP contribution in [0, 0.1) is 13.8 Å². The Kier molecular flexibility index (Phi) is 5.87. The van der Waals surface area contributed by atoms with Gasteiger partial charge >= 0.3 is 5.97 Å². The lowest BCUT2D eigenvalue weighted by Crippen LogP contribution is -2.14. The fraction of sp³-hybridized carbons (Fsp3) is 0.318. The van der Waals surface area contributed by atoms with E-state index in [1.54, 1.807) is 10.8 Å². The van der Waals surface area contributed by atoms with Gasteiger partial charge in [-0.3, -0.25) is 4.79 Å². The highest BCUT2D eigenvalue weighted by molar-refractivity contribution is 6.10. The molecule has 0 unspecified atom stereocenters. The maximum Gasteiger partial charge on any atom is 0.356 e. The molecule has 29 heavy (non-hydrogen) atoms. The minimum atomic E-state index is -0.515. The summed E-state index contributed by atoms with van der Waals surface area (Å²) in [7, 11) is 1.32. The van der Waals surface area contributed by atoms with Gasteiger partial charge in [0.15, 0.2) is 5.69 Å². The molecule has 7 nitrogen and oxygen atoms in total. The van der Waals surface area contributed by atoms with Gasteiger partial charge in [0.25, 0.3) is 0 Å². The number of carbonyl (C=O) groups is 2. The maximum atomic E-state index is 12.4. The molecular formula is C22H26N4O3. The molecule has 0 bridgehead atoms. The van der Waals surface area contributed by atoms with E-state index in [9.17, 15) is 9.59 Å². The molecule has 0 saturated heterocycles. The highest BCUT2D eigenvalue weighted by atomic mass is 16.5. The van der Waals surface area contributed by atoms with Crippen molar-refractivity contribution >= 4 is 34.3 Å². The van der Waals surface area contributed by atoms with E-state index in [1.165, 1.54) is 30.7 Å². The van der Waals surface area contributed by atoms with Crippen molar-refractivity contribution < 1.29 is 14.3 Å². The van der Waals surface area contributed by atoms with Gasteiger partial charge in [0, 0.05) is 25.4 Å². The molecule has 0 radical (unpaired) electrons. The van der Waals surface area contributed by atoms with Crippen LogP contribution in [-0.4, -0.2) is 28.5 Å². The molecule has 1 amide bonds. The smallest absolute Gasteiger partial charge is 0.356 e. The molecule has 0 atom stereocenters. The maximum absolute atomic E-state index is 12.4.